The first-order valence-electron chi connectivity index (χ1n) is 5.65. The van der Waals surface area contributed by atoms with Gasteiger partial charge >= 0.3 is 0 Å². The molecule has 0 atom stereocenters. The summed E-state index contributed by atoms with van der Waals surface area (Å²) in [5.41, 5.74) is 3.99. The first kappa shape index (κ1) is 13.5. The average molecular weight is 282 g/mol. The van der Waals surface area contributed by atoms with Crippen LogP contribution in [-0.4, -0.2) is 13.6 Å². The van der Waals surface area contributed by atoms with E-state index < -0.39 is 0 Å². The largest absolute Gasteiger partial charge is 0.316 e. The van der Waals surface area contributed by atoms with E-state index >= 15 is 0 Å². The molecule has 1 aromatic rings. The molecule has 2 heteroatoms. The maximum atomic E-state index is 3.52. The molecule has 0 spiro atoms. The maximum absolute atomic E-state index is 3.52. The van der Waals surface area contributed by atoms with Crippen molar-refractivity contribution in [3.8, 4) is 0 Å². The highest BCUT2D eigenvalue weighted by Crippen LogP contribution is 2.20. The van der Waals surface area contributed by atoms with Crippen molar-refractivity contribution in [2.24, 2.45) is 5.92 Å². The van der Waals surface area contributed by atoms with Gasteiger partial charge in [-0.2, -0.15) is 0 Å². The van der Waals surface area contributed by atoms with Crippen molar-refractivity contribution in [1.82, 2.24) is 5.32 Å². The molecule has 0 amide bonds. The third-order valence-corrected chi connectivity index (χ3v) is 3.55. The van der Waals surface area contributed by atoms with Crippen molar-refractivity contribution in [3.05, 3.63) is 39.4 Å². The summed E-state index contributed by atoms with van der Waals surface area (Å²) < 4.78 is 1.17. The van der Waals surface area contributed by atoms with Crippen LogP contribution in [0.3, 0.4) is 0 Å². The van der Waals surface area contributed by atoms with Crippen LogP contribution in [0.1, 0.15) is 25.0 Å². The van der Waals surface area contributed by atoms with E-state index in [0.29, 0.717) is 5.92 Å². The smallest absolute Gasteiger partial charge is 0.0204 e. The number of nitrogens with one attached hydrogen (secondary N) is 1. The fraction of sp³-hybridized carbons (Fsp3) is 0.429. The van der Waals surface area contributed by atoms with E-state index in [4.69, 9.17) is 0 Å². The molecule has 0 unspecified atom stereocenters. The van der Waals surface area contributed by atoms with Crippen LogP contribution in [0.5, 0.6) is 0 Å². The third kappa shape index (κ3) is 3.76. The van der Waals surface area contributed by atoms with Gasteiger partial charge < -0.3 is 5.32 Å². The minimum absolute atomic E-state index is 0.580. The number of likely N-dealkylation sites (N-methyl/N-ethyl adjacent to an activating group) is 1. The zero-order valence-electron chi connectivity index (χ0n) is 10.5. The molecule has 1 rings (SSSR count). The number of aryl methyl sites for hydroxylation is 1. The molecule has 0 saturated heterocycles. The van der Waals surface area contributed by atoms with Crippen LogP contribution in [0, 0.1) is 12.8 Å². The Kier molecular flexibility index (Phi) is 5.23. The SMILES string of the molecule is CNCC(=Cc1ccc(Br)c(C)c1)C(C)C. The van der Waals surface area contributed by atoms with E-state index in [-0.39, 0.29) is 0 Å². The van der Waals surface area contributed by atoms with E-state index in [2.05, 4.69) is 66.3 Å². The Labute approximate surface area is 107 Å². The van der Waals surface area contributed by atoms with Crippen LogP contribution in [0.4, 0.5) is 0 Å². The molecule has 0 fully saturated rings. The van der Waals surface area contributed by atoms with Gasteiger partial charge in [0.2, 0.25) is 0 Å². The summed E-state index contributed by atoms with van der Waals surface area (Å²) in [5.74, 6) is 0.580. The van der Waals surface area contributed by atoms with Crippen molar-refractivity contribution < 1.29 is 0 Å². The Hall–Kier alpha value is -0.600. The molecule has 0 aliphatic carbocycles. The number of hydrogen-bond donors (Lipinski definition) is 1. The highest BCUT2D eigenvalue weighted by atomic mass is 79.9. The standard InChI is InChI=1S/C14H20BrN/c1-10(2)13(9-16-4)8-12-5-6-14(15)11(3)7-12/h5-8,10,16H,9H2,1-4H3. The fourth-order valence-corrected chi connectivity index (χ4v) is 1.84. The highest BCUT2D eigenvalue weighted by molar-refractivity contribution is 9.10. The number of rotatable bonds is 4. The predicted octanol–water partition coefficient (Wildman–Crippen LogP) is 4.02. The molecule has 1 N–H and O–H groups in total. The monoisotopic (exact) mass is 281 g/mol. The third-order valence-electron chi connectivity index (χ3n) is 2.66. The van der Waals surface area contributed by atoms with E-state index in [1.165, 1.54) is 21.2 Å². The molecule has 1 nitrogen and oxygen atoms in total. The van der Waals surface area contributed by atoms with Gasteiger partial charge in [-0.25, -0.2) is 0 Å². The lowest BCUT2D eigenvalue weighted by Gasteiger charge is -2.11. The van der Waals surface area contributed by atoms with Crippen LogP contribution >= 0.6 is 15.9 Å². The predicted molar refractivity (Wildman–Crippen MR) is 75.6 cm³/mol. The Bertz CT molecular complexity index is 380. The molecule has 88 valence electrons. The van der Waals surface area contributed by atoms with Crippen LogP contribution in [-0.2, 0) is 0 Å². The molecule has 0 bridgehead atoms. The second kappa shape index (κ2) is 6.21. The zero-order valence-corrected chi connectivity index (χ0v) is 12.1. The van der Waals surface area contributed by atoms with Crippen molar-refractivity contribution in [2.75, 3.05) is 13.6 Å². The number of hydrogen-bond acceptors (Lipinski definition) is 1. The second-order valence-corrected chi connectivity index (χ2v) is 5.27. The number of benzene rings is 1. The Morgan fingerprint density at radius 2 is 2.12 bits per heavy atom. The van der Waals surface area contributed by atoms with Gasteiger partial charge in [-0.05, 0) is 37.1 Å². The Morgan fingerprint density at radius 3 is 2.62 bits per heavy atom. The normalized spacial score (nSPS) is 12.2. The summed E-state index contributed by atoms with van der Waals surface area (Å²) in [5, 5.41) is 3.22. The van der Waals surface area contributed by atoms with Gasteiger partial charge in [-0.1, -0.05) is 53.6 Å². The van der Waals surface area contributed by atoms with Gasteiger partial charge in [0.25, 0.3) is 0 Å². The van der Waals surface area contributed by atoms with E-state index in [1.54, 1.807) is 0 Å². The minimum atomic E-state index is 0.580. The van der Waals surface area contributed by atoms with Crippen LogP contribution < -0.4 is 5.32 Å². The summed E-state index contributed by atoms with van der Waals surface area (Å²) in [7, 11) is 1.99. The lowest BCUT2D eigenvalue weighted by molar-refractivity contribution is 0.713. The van der Waals surface area contributed by atoms with Gasteiger partial charge in [0, 0.05) is 11.0 Å². The summed E-state index contributed by atoms with van der Waals surface area (Å²) in [6.07, 6.45) is 2.28. The first-order chi connectivity index (χ1) is 7.54. The molecule has 0 radical (unpaired) electrons. The number of halogens is 1. The Morgan fingerprint density at radius 1 is 1.44 bits per heavy atom. The molecule has 0 saturated carbocycles. The van der Waals surface area contributed by atoms with Crippen molar-refractivity contribution in [1.29, 1.82) is 0 Å². The quantitative estimate of drug-likeness (QED) is 0.879. The van der Waals surface area contributed by atoms with Crippen LogP contribution in [0.2, 0.25) is 0 Å². The molecular weight excluding hydrogens is 262 g/mol. The van der Waals surface area contributed by atoms with Crippen LogP contribution in [0.15, 0.2) is 28.2 Å². The summed E-state index contributed by atoms with van der Waals surface area (Å²) in [4.78, 5) is 0. The highest BCUT2D eigenvalue weighted by Gasteiger charge is 2.03. The van der Waals surface area contributed by atoms with E-state index in [9.17, 15) is 0 Å². The summed E-state index contributed by atoms with van der Waals surface area (Å²) in [6.45, 7) is 7.53. The van der Waals surface area contributed by atoms with Gasteiger partial charge in [0.1, 0.15) is 0 Å². The van der Waals surface area contributed by atoms with Crippen LogP contribution in [0.25, 0.3) is 6.08 Å². The van der Waals surface area contributed by atoms with Crippen molar-refractivity contribution >= 4 is 22.0 Å². The van der Waals surface area contributed by atoms with Crippen molar-refractivity contribution in [3.63, 3.8) is 0 Å². The molecule has 0 aliphatic heterocycles. The minimum Gasteiger partial charge on any atom is -0.316 e. The molecule has 0 heterocycles. The lowest BCUT2D eigenvalue weighted by atomic mass is 9.99. The zero-order chi connectivity index (χ0) is 12.1. The maximum Gasteiger partial charge on any atom is 0.0204 e. The van der Waals surface area contributed by atoms with E-state index in [0.717, 1.165) is 6.54 Å². The van der Waals surface area contributed by atoms with Gasteiger partial charge in [0.15, 0.2) is 0 Å². The molecule has 0 aliphatic rings. The van der Waals surface area contributed by atoms with Crippen molar-refractivity contribution in [2.45, 2.75) is 20.8 Å². The van der Waals surface area contributed by atoms with Gasteiger partial charge in [0.05, 0.1) is 0 Å². The molecule has 0 aromatic heterocycles. The summed E-state index contributed by atoms with van der Waals surface area (Å²) in [6, 6.07) is 6.47. The molecule has 1 aromatic carbocycles. The fourth-order valence-electron chi connectivity index (χ4n) is 1.60. The lowest BCUT2D eigenvalue weighted by Crippen LogP contribution is -2.13. The first-order valence-corrected chi connectivity index (χ1v) is 6.45. The van der Waals surface area contributed by atoms with Gasteiger partial charge in [-0.15, -0.1) is 0 Å². The Balaban J connectivity index is 2.98. The second-order valence-electron chi connectivity index (χ2n) is 4.41. The topological polar surface area (TPSA) is 12.0 Å². The summed E-state index contributed by atoms with van der Waals surface area (Å²) >= 11 is 3.52. The average Bonchev–Trinajstić information content (AvgIpc) is 2.22. The van der Waals surface area contributed by atoms with Gasteiger partial charge in [-0.3, -0.25) is 0 Å². The van der Waals surface area contributed by atoms with E-state index in [1.807, 2.05) is 7.05 Å². The molecule has 16 heavy (non-hydrogen) atoms. The molecular formula is C14H20BrN.